The molecule has 0 aliphatic rings. The molecule has 1 heterocycles. The standard InChI is InChI=1S/C26H24N4OS/c1-18(2)21-15-9-10-16-22(21)27-23(31)17-32-26-28-24(19-11-5-3-6-12-19)25(29-30-26)20-13-7-4-8-14-20/h3-16,18H,17H2,1-2H3,(H,27,31). The average molecular weight is 441 g/mol. The number of nitrogens with one attached hydrogen (secondary N) is 1. The number of anilines is 1. The summed E-state index contributed by atoms with van der Waals surface area (Å²) in [7, 11) is 0. The van der Waals surface area contributed by atoms with Gasteiger partial charge in [-0.25, -0.2) is 4.98 Å². The minimum absolute atomic E-state index is 0.0971. The zero-order valence-corrected chi connectivity index (χ0v) is 18.8. The van der Waals surface area contributed by atoms with E-state index in [1.165, 1.54) is 11.8 Å². The lowest BCUT2D eigenvalue weighted by molar-refractivity contribution is -0.113. The maximum absolute atomic E-state index is 12.6. The fourth-order valence-electron chi connectivity index (χ4n) is 3.39. The van der Waals surface area contributed by atoms with Gasteiger partial charge in [0.05, 0.1) is 5.75 Å². The van der Waals surface area contributed by atoms with Gasteiger partial charge in [0.2, 0.25) is 11.1 Å². The van der Waals surface area contributed by atoms with Gasteiger partial charge in [-0.1, -0.05) is 104 Å². The van der Waals surface area contributed by atoms with Crippen molar-refractivity contribution >= 4 is 23.4 Å². The Morgan fingerprint density at radius 1 is 0.812 bits per heavy atom. The van der Waals surface area contributed by atoms with Crippen LogP contribution >= 0.6 is 11.8 Å². The van der Waals surface area contributed by atoms with E-state index in [2.05, 4.69) is 29.4 Å². The van der Waals surface area contributed by atoms with Crippen molar-refractivity contribution in [3.8, 4) is 22.5 Å². The van der Waals surface area contributed by atoms with Crippen molar-refractivity contribution in [1.29, 1.82) is 0 Å². The summed E-state index contributed by atoms with van der Waals surface area (Å²) in [5.74, 6) is 0.429. The van der Waals surface area contributed by atoms with Crippen molar-refractivity contribution in [1.82, 2.24) is 15.2 Å². The van der Waals surface area contributed by atoms with Crippen LogP contribution in [-0.4, -0.2) is 26.8 Å². The van der Waals surface area contributed by atoms with Crippen LogP contribution in [0.15, 0.2) is 90.1 Å². The van der Waals surface area contributed by atoms with Crippen LogP contribution in [-0.2, 0) is 4.79 Å². The van der Waals surface area contributed by atoms with Gasteiger partial charge < -0.3 is 5.32 Å². The minimum atomic E-state index is -0.0971. The van der Waals surface area contributed by atoms with Gasteiger partial charge in [-0.2, -0.15) is 0 Å². The van der Waals surface area contributed by atoms with Crippen molar-refractivity contribution in [2.75, 3.05) is 11.1 Å². The molecule has 0 saturated carbocycles. The van der Waals surface area contributed by atoms with Crippen LogP contribution in [0.1, 0.15) is 25.3 Å². The van der Waals surface area contributed by atoms with Gasteiger partial charge >= 0.3 is 0 Å². The summed E-state index contributed by atoms with van der Waals surface area (Å²) in [4.78, 5) is 17.3. The van der Waals surface area contributed by atoms with Crippen molar-refractivity contribution in [2.24, 2.45) is 0 Å². The maximum Gasteiger partial charge on any atom is 0.234 e. The fourth-order valence-corrected chi connectivity index (χ4v) is 3.98. The molecule has 0 unspecified atom stereocenters. The number of benzene rings is 3. The Hall–Kier alpha value is -3.51. The van der Waals surface area contributed by atoms with Gasteiger partial charge in [0, 0.05) is 16.8 Å². The summed E-state index contributed by atoms with van der Waals surface area (Å²) in [5.41, 5.74) is 5.33. The maximum atomic E-state index is 12.6. The van der Waals surface area contributed by atoms with E-state index < -0.39 is 0 Å². The topological polar surface area (TPSA) is 67.8 Å². The second-order valence-electron chi connectivity index (χ2n) is 7.60. The molecule has 6 heteroatoms. The normalized spacial score (nSPS) is 10.8. The average Bonchev–Trinajstić information content (AvgIpc) is 2.84. The lowest BCUT2D eigenvalue weighted by Crippen LogP contribution is -2.16. The molecule has 0 fully saturated rings. The molecule has 3 aromatic carbocycles. The van der Waals surface area contributed by atoms with Crippen LogP contribution in [0.3, 0.4) is 0 Å². The van der Waals surface area contributed by atoms with Gasteiger partial charge in [-0.15, -0.1) is 10.2 Å². The molecule has 0 bridgehead atoms. The van der Waals surface area contributed by atoms with E-state index in [4.69, 9.17) is 4.98 Å². The first-order chi connectivity index (χ1) is 15.6. The molecule has 1 amide bonds. The van der Waals surface area contributed by atoms with Crippen LogP contribution in [0.25, 0.3) is 22.5 Å². The Balaban J connectivity index is 1.54. The van der Waals surface area contributed by atoms with Crippen molar-refractivity contribution < 1.29 is 4.79 Å². The summed E-state index contributed by atoms with van der Waals surface area (Å²) in [6, 6.07) is 27.7. The Morgan fingerprint density at radius 3 is 2.06 bits per heavy atom. The molecule has 0 radical (unpaired) electrons. The van der Waals surface area contributed by atoms with Crippen molar-refractivity contribution in [2.45, 2.75) is 24.9 Å². The second kappa shape index (κ2) is 10.2. The fraction of sp³-hybridized carbons (Fsp3) is 0.154. The lowest BCUT2D eigenvalue weighted by atomic mass is 10.0. The molecule has 4 aromatic rings. The summed E-state index contributed by atoms with van der Waals surface area (Å²) in [6.07, 6.45) is 0. The lowest BCUT2D eigenvalue weighted by Gasteiger charge is -2.13. The Bertz CT molecular complexity index is 1200. The Kier molecular flexibility index (Phi) is 6.92. The van der Waals surface area contributed by atoms with E-state index in [0.717, 1.165) is 33.8 Å². The minimum Gasteiger partial charge on any atom is -0.325 e. The highest BCUT2D eigenvalue weighted by Gasteiger charge is 2.15. The van der Waals surface area contributed by atoms with Crippen LogP contribution in [0, 0.1) is 0 Å². The first kappa shape index (κ1) is 21.7. The molecule has 0 saturated heterocycles. The van der Waals surface area contributed by atoms with E-state index in [9.17, 15) is 4.79 Å². The predicted octanol–water partition coefficient (Wildman–Crippen LogP) is 6.06. The van der Waals surface area contributed by atoms with Crippen LogP contribution in [0.5, 0.6) is 0 Å². The van der Waals surface area contributed by atoms with Crippen LogP contribution in [0.4, 0.5) is 5.69 Å². The molecule has 32 heavy (non-hydrogen) atoms. The van der Waals surface area contributed by atoms with Gasteiger partial charge in [-0.3, -0.25) is 4.79 Å². The Morgan fingerprint density at radius 2 is 1.41 bits per heavy atom. The number of thioether (sulfide) groups is 1. The number of carbonyl (C=O) groups is 1. The van der Waals surface area contributed by atoms with Crippen LogP contribution in [0.2, 0.25) is 0 Å². The Labute approximate surface area is 192 Å². The number of hydrogen-bond acceptors (Lipinski definition) is 5. The molecule has 0 aliphatic heterocycles. The molecule has 1 N–H and O–H groups in total. The number of aromatic nitrogens is 3. The third-order valence-corrected chi connectivity index (χ3v) is 5.79. The first-order valence-corrected chi connectivity index (χ1v) is 11.5. The largest absolute Gasteiger partial charge is 0.325 e. The SMILES string of the molecule is CC(C)c1ccccc1NC(=O)CSc1nnc(-c2ccccc2)c(-c2ccccc2)n1. The molecule has 4 rings (SSSR count). The molecular weight excluding hydrogens is 416 g/mol. The highest BCUT2D eigenvalue weighted by Crippen LogP contribution is 2.30. The smallest absolute Gasteiger partial charge is 0.234 e. The monoisotopic (exact) mass is 440 g/mol. The molecule has 1 aromatic heterocycles. The molecule has 5 nitrogen and oxygen atoms in total. The summed E-state index contributed by atoms with van der Waals surface area (Å²) < 4.78 is 0. The van der Waals surface area contributed by atoms with E-state index in [1.807, 2.05) is 84.9 Å². The predicted molar refractivity (Wildman–Crippen MR) is 131 cm³/mol. The molecule has 0 aliphatic carbocycles. The van der Waals surface area contributed by atoms with Gasteiger partial charge in [0.1, 0.15) is 11.4 Å². The quantitative estimate of drug-likeness (QED) is 0.354. The van der Waals surface area contributed by atoms with Crippen molar-refractivity contribution in [3.63, 3.8) is 0 Å². The summed E-state index contributed by atoms with van der Waals surface area (Å²) >= 11 is 1.28. The highest BCUT2D eigenvalue weighted by atomic mass is 32.2. The van der Waals surface area contributed by atoms with Crippen LogP contribution < -0.4 is 5.32 Å². The highest BCUT2D eigenvalue weighted by molar-refractivity contribution is 7.99. The number of carbonyl (C=O) groups excluding carboxylic acids is 1. The zero-order valence-electron chi connectivity index (χ0n) is 18.0. The van der Waals surface area contributed by atoms with Gasteiger partial charge in [-0.05, 0) is 17.5 Å². The van der Waals surface area contributed by atoms with Gasteiger partial charge in [0.25, 0.3) is 0 Å². The third kappa shape index (κ3) is 5.21. The van der Waals surface area contributed by atoms with Crippen molar-refractivity contribution in [3.05, 3.63) is 90.5 Å². The number of amides is 1. The van der Waals surface area contributed by atoms with E-state index in [-0.39, 0.29) is 11.7 Å². The summed E-state index contributed by atoms with van der Waals surface area (Å²) in [5, 5.41) is 12.2. The van der Waals surface area contributed by atoms with E-state index in [0.29, 0.717) is 11.1 Å². The molecular formula is C26H24N4OS. The van der Waals surface area contributed by atoms with E-state index >= 15 is 0 Å². The second-order valence-corrected chi connectivity index (χ2v) is 8.54. The molecule has 0 spiro atoms. The molecule has 0 atom stereocenters. The first-order valence-electron chi connectivity index (χ1n) is 10.5. The number of hydrogen-bond donors (Lipinski definition) is 1. The number of rotatable bonds is 7. The van der Waals surface area contributed by atoms with E-state index in [1.54, 1.807) is 0 Å². The van der Waals surface area contributed by atoms with Gasteiger partial charge in [0.15, 0.2) is 0 Å². The molecule has 160 valence electrons. The zero-order chi connectivity index (χ0) is 22.3. The number of para-hydroxylation sites is 1. The third-order valence-electron chi connectivity index (χ3n) is 4.95. The number of nitrogens with zero attached hydrogens (tertiary/aromatic N) is 3. The summed E-state index contributed by atoms with van der Waals surface area (Å²) in [6.45, 7) is 4.22.